The van der Waals surface area contributed by atoms with Crippen LogP contribution in [-0.4, -0.2) is 14.4 Å². The number of sulfonamides is 1. The van der Waals surface area contributed by atoms with E-state index in [0.717, 1.165) is 5.56 Å². The van der Waals surface area contributed by atoms with Crippen molar-refractivity contribution >= 4 is 33.3 Å². The second-order valence-electron chi connectivity index (χ2n) is 6.46. The molecule has 0 amide bonds. The predicted octanol–water partition coefficient (Wildman–Crippen LogP) is 4.95. The minimum Gasteiger partial charge on any atom is -0.454 e. The average molecular weight is 428 g/mol. The molecule has 1 heterocycles. The number of anilines is 1. The Morgan fingerprint density at radius 3 is 2.38 bits per heavy atom. The maximum Gasteiger partial charge on any atom is 0.266 e. The summed E-state index contributed by atoms with van der Waals surface area (Å²) < 4.78 is 33.9. The quantitative estimate of drug-likeness (QED) is 0.617. The Morgan fingerprint density at radius 2 is 1.62 bits per heavy atom. The summed E-state index contributed by atoms with van der Waals surface area (Å²) >= 11 is 6.18. The lowest BCUT2D eigenvalue weighted by atomic mass is 10.1. The second kappa shape index (κ2) is 7.77. The number of ether oxygens (including phenoxy) is 1. The molecule has 148 valence electrons. The van der Waals surface area contributed by atoms with Gasteiger partial charge in [0.25, 0.3) is 10.0 Å². The van der Waals surface area contributed by atoms with Crippen molar-refractivity contribution in [2.75, 3.05) is 5.32 Å². The Hall–Kier alpha value is -3.03. The van der Waals surface area contributed by atoms with Crippen LogP contribution in [0.25, 0.3) is 0 Å². The third kappa shape index (κ3) is 4.06. The van der Waals surface area contributed by atoms with Crippen molar-refractivity contribution in [2.24, 2.45) is 4.99 Å². The number of hydrogen-bond donors (Lipinski definition) is 2. The van der Waals surface area contributed by atoms with Gasteiger partial charge in [0.15, 0.2) is 5.75 Å². The summed E-state index contributed by atoms with van der Waals surface area (Å²) in [6, 6.07) is 21.1. The maximum absolute atomic E-state index is 12.8. The number of halogens is 1. The highest BCUT2D eigenvalue weighted by Gasteiger charge is 2.29. The number of para-hydroxylation sites is 2. The smallest absolute Gasteiger partial charge is 0.266 e. The number of hydrogen-bond acceptors (Lipinski definition) is 4. The Bertz CT molecular complexity index is 1180. The molecule has 0 saturated heterocycles. The van der Waals surface area contributed by atoms with Crippen molar-refractivity contribution in [1.82, 2.24) is 4.72 Å². The summed E-state index contributed by atoms with van der Waals surface area (Å²) in [5, 5.41) is 3.48. The summed E-state index contributed by atoms with van der Waals surface area (Å²) in [5.74, 6) is 0.890. The topological polar surface area (TPSA) is 79.8 Å². The normalized spacial score (nSPS) is 17.0. The van der Waals surface area contributed by atoms with Gasteiger partial charge in [-0.2, -0.15) is 0 Å². The summed E-state index contributed by atoms with van der Waals surface area (Å²) in [6.07, 6.45) is 0. The second-order valence-corrected chi connectivity index (χ2v) is 8.51. The van der Waals surface area contributed by atoms with Crippen LogP contribution in [0.5, 0.6) is 11.5 Å². The largest absolute Gasteiger partial charge is 0.454 e. The lowest BCUT2D eigenvalue weighted by Crippen LogP contribution is -2.41. The highest BCUT2D eigenvalue weighted by molar-refractivity contribution is 7.90. The van der Waals surface area contributed by atoms with Gasteiger partial charge in [-0.1, -0.05) is 60.1 Å². The van der Waals surface area contributed by atoms with Gasteiger partial charge >= 0.3 is 0 Å². The van der Waals surface area contributed by atoms with Crippen molar-refractivity contribution in [1.29, 1.82) is 0 Å². The van der Waals surface area contributed by atoms with Gasteiger partial charge in [-0.15, -0.1) is 0 Å². The van der Waals surface area contributed by atoms with Gasteiger partial charge in [-0.3, -0.25) is 0 Å². The molecule has 0 saturated carbocycles. The molecule has 1 aliphatic heterocycles. The fourth-order valence-electron chi connectivity index (χ4n) is 2.97. The summed E-state index contributed by atoms with van der Waals surface area (Å²) in [6.45, 7) is 1.89. The average Bonchev–Trinajstić information content (AvgIpc) is 2.70. The van der Waals surface area contributed by atoms with E-state index >= 15 is 0 Å². The highest BCUT2D eigenvalue weighted by Crippen LogP contribution is 2.38. The van der Waals surface area contributed by atoms with E-state index in [-0.39, 0.29) is 16.9 Å². The molecular formula is C21H18ClN3O3S. The first kappa shape index (κ1) is 19.3. The van der Waals surface area contributed by atoms with Gasteiger partial charge in [-0.25, -0.2) is 18.1 Å². The Labute approximate surface area is 174 Å². The van der Waals surface area contributed by atoms with E-state index in [1.54, 1.807) is 36.4 Å². The monoisotopic (exact) mass is 427 g/mol. The number of aliphatic imine (C=N–C) groups is 1. The molecule has 3 aromatic carbocycles. The zero-order valence-electron chi connectivity index (χ0n) is 15.5. The number of nitrogens with one attached hydrogen (secondary N) is 2. The molecule has 0 fully saturated rings. The molecule has 8 heteroatoms. The van der Waals surface area contributed by atoms with Crippen LogP contribution in [0, 0.1) is 0 Å². The number of rotatable bonds is 4. The van der Waals surface area contributed by atoms with E-state index in [9.17, 15) is 8.42 Å². The number of nitrogens with zero attached hydrogens (tertiary/aromatic N) is 1. The van der Waals surface area contributed by atoms with Crippen molar-refractivity contribution in [2.45, 2.75) is 17.9 Å². The summed E-state index contributed by atoms with van der Waals surface area (Å²) in [5.41, 5.74) is 1.28. The molecule has 0 spiro atoms. The van der Waals surface area contributed by atoms with Crippen LogP contribution < -0.4 is 14.8 Å². The van der Waals surface area contributed by atoms with E-state index in [1.165, 1.54) is 6.07 Å². The van der Waals surface area contributed by atoms with Crippen LogP contribution in [0.2, 0.25) is 5.02 Å². The predicted molar refractivity (Wildman–Crippen MR) is 114 cm³/mol. The van der Waals surface area contributed by atoms with Gasteiger partial charge in [0.05, 0.1) is 11.1 Å². The maximum atomic E-state index is 12.8. The van der Waals surface area contributed by atoms with Crippen LogP contribution >= 0.6 is 11.6 Å². The molecule has 0 unspecified atom stereocenters. The molecule has 0 radical (unpaired) electrons. The Balaban J connectivity index is 1.72. The Kier molecular flexibility index (Phi) is 5.17. The van der Waals surface area contributed by atoms with Crippen LogP contribution in [0.1, 0.15) is 18.5 Å². The lowest BCUT2D eigenvalue weighted by molar-refractivity contribution is 0.483. The third-order valence-electron chi connectivity index (χ3n) is 4.41. The van der Waals surface area contributed by atoms with Crippen LogP contribution in [0.15, 0.2) is 82.7 Å². The minimum atomic E-state index is -3.80. The van der Waals surface area contributed by atoms with Crippen molar-refractivity contribution in [3.63, 3.8) is 0 Å². The molecule has 3 aromatic rings. The molecular weight excluding hydrogens is 410 g/mol. The van der Waals surface area contributed by atoms with Crippen molar-refractivity contribution < 1.29 is 13.2 Å². The third-order valence-corrected chi connectivity index (χ3v) is 6.11. The van der Waals surface area contributed by atoms with Gasteiger partial charge in [0, 0.05) is 0 Å². The number of benzene rings is 3. The molecule has 0 aromatic heterocycles. The number of fused-ring (bicyclic) bond motifs is 1. The molecule has 4 rings (SSSR count). The first-order valence-corrected chi connectivity index (χ1v) is 10.8. The van der Waals surface area contributed by atoms with Gasteiger partial charge in [-0.05, 0) is 36.8 Å². The van der Waals surface area contributed by atoms with E-state index in [4.69, 9.17) is 16.3 Å². The first-order valence-electron chi connectivity index (χ1n) is 8.92. The molecule has 1 aliphatic rings. The van der Waals surface area contributed by atoms with E-state index in [2.05, 4.69) is 15.0 Å². The fraction of sp³-hybridized carbons (Fsp3) is 0.0952. The van der Waals surface area contributed by atoms with E-state index in [1.807, 2.05) is 37.3 Å². The molecule has 0 bridgehead atoms. The van der Waals surface area contributed by atoms with E-state index in [0.29, 0.717) is 22.2 Å². The standard InChI is InChI=1S/C21H18ClN3O3S/c1-14(15-8-3-2-4-9-15)23-21-24-20-18(28-17-11-6-5-10-16(17)22)12-7-13-19(20)29(26,27)25-21/h2-14H,1H3,(H2,23,24,25)/t14-/m0/s1. The Morgan fingerprint density at radius 1 is 0.931 bits per heavy atom. The molecule has 29 heavy (non-hydrogen) atoms. The van der Waals surface area contributed by atoms with Crippen molar-refractivity contribution in [3.8, 4) is 11.5 Å². The fourth-order valence-corrected chi connectivity index (χ4v) is 4.29. The zero-order valence-corrected chi connectivity index (χ0v) is 17.0. The molecule has 1 atom stereocenters. The summed E-state index contributed by atoms with van der Waals surface area (Å²) in [7, 11) is -3.80. The molecule has 0 aliphatic carbocycles. The molecule has 6 nitrogen and oxygen atoms in total. The van der Waals surface area contributed by atoms with Crippen LogP contribution in [0.3, 0.4) is 0 Å². The van der Waals surface area contributed by atoms with Crippen LogP contribution in [-0.2, 0) is 10.0 Å². The first-order chi connectivity index (χ1) is 13.9. The van der Waals surface area contributed by atoms with Crippen LogP contribution in [0.4, 0.5) is 5.69 Å². The van der Waals surface area contributed by atoms with Gasteiger partial charge in [0.1, 0.15) is 16.3 Å². The minimum absolute atomic E-state index is 0.0772. The summed E-state index contributed by atoms with van der Waals surface area (Å²) in [4.78, 5) is 4.58. The highest BCUT2D eigenvalue weighted by atomic mass is 35.5. The zero-order chi connectivity index (χ0) is 20.4. The molecule has 2 N–H and O–H groups in total. The number of guanidine groups is 1. The van der Waals surface area contributed by atoms with Gasteiger partial charge in [0.2, 0.25) is 5.96 Å². The van der Waals surface area contributed by atoms with Gasteiger partial charge < -0.3 is 10.1 Å². The van der Waals surface area contributed by atoms with Crippen molar-refractivity contribution in [3.05, 3.63) is 83.4 Å². The van der Waals surface area contributed by atoms with E-state index < -0.39 is 10.0 Å². The lowest BCUT2D eigenvalue weighted by Gasteiger charge is -2.24. The SMILES string of the molecule is C[C@H](N=C1Nc2c(Oc3ccccc3Cl)cccc2S(=O)(=O)N1)c1ccccc1.